The molecular formula is C17H19ClFN5O2. The first kappa shape index (κ1) is 18.5. The molecule has 9 heteroatoms. The highest BCUT2D eigenvalue weighted by atomic mass is 35.5. The highest BCUT2D eigenvalue weighted by molar-refractivity contribution is 6.31. The Balaban J connectivity index is 1.49. The van der Waals surface area contributed by atoms with E-state index in [2.05, 4.69) is 25.5 Å². The van der Waals surface area contributed by atoms with Gasteiger partial charge in [-0.25, -0.2) is 14.4 Å². The lowest BCUT2D eigenvalue weighted by Crippen LogP contribution is -2.41. The summed E-state index contributed by atoms with van der Waals surface area (Å²) >= 11 is 5.73. The van der Waals surface area contributed by atoms with Crippen molar-refractivity contribution in [1.29, 1.82) is 0 Å². The summed E-state index contributed by atoms with van der Waals surface area (Å²) in [5.74, 6) is -0.436. The molecule has 0 bridgehead atoms. The monoisotopic (exact) mass is 379 g/mol. The van der Waals surface area contributed by atoms with Crippen LogP contribution in [0.2, 0.25) is 5.02 Å². The zero-order chi connectivity index (χ0) is 18.4. The second-order valence-corrected chi connectivity index (χ2v) is 6.17. The molecule has 0 aliphatic carbocycles. The van der Waals surface area contributed by atoms with Crippen molar-refractivity contribution >= 4 is 29.1 Å². The third-order valence-electron chi connectivity index (χ3n) is 3.91. The lowest BCUT2D eigenvalue weighted by molar-refractivity contribution is 0.0383. The number of nitrogens with one attached hydrogen (secondary N) is 2. The van der Waals surface area contributed by atoms with Gasteiger partial charge in [0.25, 0.3) is 5.91 Å². The van der Waals surface area contributed by atoms with Crippen LogP contribution in [-0.2, 0) is 4.74 Å². The molecule has 3 rings (SSSR count). The van der Waals surface area contributed by atoms with Gasteiger partial charge < -0.3 is 15.4 Å². The maximum atomic E-state index is 13.2. The van der Waals surface area contributed by atoms with E-state index in [1.54, 1.807) is 0 Å². The fourth-order valence-electron chi connectivity index (χ4n) is 2.47. The Morgan fingerprint density at radius 3 is 2.69 bits per heavy atom. The SMILES string of the molecule is O=C(NCCN1CCOCC1)c1cnc(Nc2ccc(F)c(Cl)c2)nc1. The van der Waals surface area contributed by atoms with Crippen molar-refractivity contribution in [2.45, 2.75) is 0 Å². The van der Waals surface area contributed by atoms with E-state index in [1.165, 1.54) is 30.6 Å². The van der Waals surface area contributed by atoms with Crippen molar-refractivity contribution in [2.75, 3.05) is 44.7 Å². The summed E-state index contributed by atoms with van der Waals surface area (Å²) in [6.07, 6.45) is 2.87. The number of rotatable bonds is 6. The summed E-state index contributed by atoms with van der Waals surface area (Å²) in [6, 6.07) is 4.21. The van der Waals surface area contributed by atoms with Gasteiger partial charge >= 0.3 is 0 Å². The molecule has 1 aliphatic rings. The van der Waals surface area contributed by atoms with Crippen LogP contribution >= 0.6 is 11.6 Å². The molecule has 1 saturated heterocycles. The fourth-order valence-corrected chi connectivity index (χ4v) is 2.65. The third kappa shape index (κ3) is 5.10. The third-order valence-corrected chi connectivity index (χ3v) is 4.20. The van der Waals surface area contributed by atoms with Crippen LogP contribution in [0, 0.1) is 5.82 Å². The largest absolute Gasteiger partial charge is 0.379 e. The highest BCUT2D eigenvalue weighted by Gasteiger charge is 2.11. The summed E-state index contributed by atoms with van der Waals surface area (Å²) in [4.78, 5) is 22.6. The van der Waals surface area contributed by atoms with Crippen molar-refractivity contribution in [3.05, 3.63) is 47.0 Å². The highest BCUT2D eigenvalue weighted by Crippen LogP contribution is 2.21. The number of carbonyl (C=O) groups excluding carboxylic acids is 1. The quantitative estimate of drug-likeness (QED) is 0.800. The topological polar surface area (TPSA) is 79.4 Å². The minimum atomic E-state index is -0.498. The number of hydrogen-bond acceptors (Lipinski definition) is 6. The number of amides is 1. The number of morpholine rings is 1. The molecule has 2 heterocycles. The predicted molar refractivity (Wildman–Crippen MR) is 96.3 cm³/mol. The number of ether oxygens (including phenoxy) is 1. The number of carbonyl (C=O) groups is 1. The summed E-state index contributed by atoms with van der Waals surface area (Å²) in [7, 11) is 0. The van der Waals surface area contributed by atoms with E-state index < -0.39 is 5.82 Å². The Bertz CT molecular complexity index is 753. The van der Waals surface area contributed by atoms with Crippen LogP contribution in [-0.4, -0.2) is 60.2 Å². The first-order chi connectivity index (χ1) is 12.6. The van der Waals surface area contributed by atoms with E-state index in [-0.39, 0.29) is 16.9 Å². The van der Waals surface area contributed by atoms with Gasteiger partial charge in [0.05, 0.1) is 23.8 Å². The number of benzene rings is 1. The van der Waals surface area contributed by atoms with Crippen LogP contribution in [0.15, 0.2) is 30.6 Å². The van der Waals surface area contributed by atoms with E-state index >= 15 is 0 Å². The molecule has 0 saturated carbocycles. The first-order valence-corrected chi connectivity index (χ1v) is 8.62. The molecule has 1 aromatic carbocycles. The van der Waals surface area contributed by atoms with Crippen molar-refractivity contribution in [3.63, 3.8) is 0 Å². The van der Waals surface area contributed by atoms with Crippen molar-refractivity contribution < 1.29 is 13.9 Å². The van der Waals surface area contributed by atoms with Crippen LogP contribution in [0.4, 0.5) is 16.0 Å². The Hall–Kier alpha value is -2.29. The molecule has 2 aromatic rings. The van der Waals surface area contributed by atoms with Crippen LogP contribution in [0.25, 0.3) is 0 Å². The van der Waals surface area contributed by atoms with Crippen molar-refractivity contribution in [3.8, 4) is 0 Å². The maximum Gasteiger partial charge on any atom is 0.254 e. The van der Waals surface area contributed by atoms with Crippen LogP contribution < -0.4 is 10.6 Å². The predicted octanol–water partition coefficient (Wildman–Crippen LogP) is 2.07. The molecule has 1 aromatic heterocycles. The lowest BCUT2D eigenvalue weighted by atomic mass is 10.3. The summed E-state index contributed by atoms with van der Waals surface area (Å²) < 4.78 is 18.4. The van der Waals surface area contributed by atoms with Crippen LogP contribution in [0.3, 0.4) is 0 Å². The average molecular weight is 380 g/mol. The molecule has 1 fully saturated rings. The minimum Gasteiger partial charge on any atom is -0.379 e. The zero-order valence-corrected chi connectivity index (χ0v) is 14.8. The second-order valence-electron chi connectivity index (χ2n) is 5.76. The number of halogens is 2. The van der Waals surface area contributed by atoms with E-state index in [0.717, 1.165) is 32.8 Å². The van der Waals surface area contributed by atoms with Crippen LogP contribution in [0.5, 0.6) is 0 Å². The zero-order valence-electron chi connectivity index (χ0n) is 14.0. The number of hydrogen-bond donors (Lipinski definition) is 2. The number of aromatic nitrogens is 2. The van der Waals surface area contributed by atoms with Gasteiger partial charge in [-0.05, 0) is 18.2 Å². The first-order valence-electron chi connectivity index (χ1n) is 8.24. The van der Waals surface area contributed by atoms with Crippen molar-refractivity contribution in [1.82, 2.24) is 20.2 Å². The standard InChI is InChI=1S/C17H19ClFN5O2/c18-14-9-13(1-2-15(14)19)23-17-21-10-12(11-22-17)16(25)20-3-4-24-5-7-26-8-6-24/h1-2,9-11H,3-8H2,(H,20,25)(H,21,22,23). The molecule has 0 atom stereocenters. The smallest absolute Gasteiger partial charge is 0.254 e. The molecule has 0 unspecified atom stereocenters. The minimum absolute atomic E-state index is 0.00580. The molecule has 2 N–H and O–H groups in total. The Morgan fingerprint density at radius 1 is 1.27 bits per heavy atom. The van der Waals surface area contributed by atoms with Gasteiger partial charge in [-0.2, -0.15) is 0 Å². The Morgan fingerprint density at radius 2 is 2.00 bits per heavy atom. The molecule has 0 spiro atoms. The van der Waals surface area contributed by atoms with E-state index in [1.807, 2.05) is 0 Å². The molecule has 26 heavy (non-hydrogen) atoms. The number of anilines is 2. The summed E-state index contributed by atoms with van der Waals surface area (Å²) in [6.45, 7) is 4.55. The summed E-state index contributed by atoms with van der Waals surface area (Å²) in [5.41, 5.74) is 0.925. The average Bonchev–Trinajstić information content (AvgIpc) is 2.66. The second kappa shape index (κ2) is 8.88. The Kier molecular flexibility index (Phi) is 6.32. The Labute approximate surface area is 155 Å². The lowest BCUT2D eigenvalue weighted by Gasteiger charge is -2.26. The van der Waals surface area contributed by atoms with Crippen LogP contribution in [0.1, 0.15) is 10.4 Å². The van der Waals surface area contributed by atoms with E-state index in [9.17, 15) is 9.18 Å². The van der Waals surface area contributed by atoms with Crippen molar-refractivity contribution in [2.24, 2.45) is 0 Å². The van der Waals surface area contributed by atoms with Gasteiger partial charge in [0.2, 0.25) is 5.95 Å². The molecule has 1 amide bonds. The van der Waals surface area contributed by atoms with Gasteiger partial charge in [0.1, 0.15) is 5.82 Å². The molecule has 0 radical (unpaired) electrons. The number of nitrogens with zero attached hydrogens (tertiary/aromatic N) is 3. The van der Waals surface area contributed by atoms with Gasteiger partial charge in [0.15, 0.2) is 0 Å². The summed E-state index contributed by atoms with van der Waals surface area (Å²) in [5, 5.41) is 5.75. The maximum absolute atomic E-state index is 13.2. The van der Waals surface area contributed by atoms with E-state index in [0.29, 0.717) is 17.8 Å². The van der Waals surface area contributed by atoms with E-state index in [4.69, 9.17) is 16.3 Å². The normalized spacial score (nSPS) is 14.8. The van der Waals surface area contributed by atoms with Gasteiger partial charge in [0, 0.05) is 44.3 Å². The van der Waals surface area contributed by atoms with Gasteiger partial charge in [-0.15, -0.1) is 0 Å². The molecule has 1 aliphatic heterocycles. The van der Waals surface area contributed by atoms with Gasteiger partial charge in [-0.3, -0.25) is 9.69 Å². The molecular weight excluding hydrogens is 361 g/mol. The molecule has 7 nitrogen and oxygen atoms in total. The van der Waals surface area contributed by atoms with Gasteiger partial charge in [-0.1, -0.05) is 11.6 Å². The fraction of sp³-hybridized carbons (Fsp3) is 0.353. The molecule has 138 valence electrons.